The van der Waals surface area contributed by atoms with Crippen LogP contribution in [-0.4, -0.2) is 48.4 Å². The van der Waals surface area contributed by atoms with Gasteiger partial charge in [-0.05, 0) is 55.5 Å². The van der Waals surface area contributed by atoms with E-state index in [1.165, 1.54) is 24.3 Å². The molecule has 0 spiro atoms. The molecular weight excluding hydrogens is 337 g/mol. The van der Waals surface area contributed by atoms with E-state index in [0.717, 1.165) is 5.69 Å². The van der Waals surface area contributed by atoms with Crippen LogP contribution in [0.15, 0.2) is 48.5 Å². The second-order valence-corrected chi connectivity index (χ2v) is 6.15. The fourth-order valence-corrected chi connectivity index (χ4v) is 2.84. The van der Waals surface area contributed by atoms with Gasteiger partial charge >= 0.3 is 6.03 Å². The van der Waals surface area contributed by atoms with Gasteiger partial charge in [0.2, 0.25) is 0 Å². The highest BCUT2D eigenvalue weighted by atomic mass is 19.1. The Labute approximate surface area is 151 Å². The molecule has 1 aliphatic rings. The Morgan fingerprint density at radius 1 is 1.08 bits per heavy atom. The molecule has 0 radical (unpaired) electrons. The molecule has 1 fully saturated rings. The number of nitrogens with one attached hydrogen (secondary N) is 1. The van der Waals surface area contributed by atoms with E-state index in [2.05, 4.69) is 10.2 Å². The highest BCUT2D eigenvalue weighted by Crippen LogP contribution is 2.18. The van der Waals surface area contributed by atoms with E-state index in [1.807, 2.05) is 0 Å². The van der Waals surface area contributed by atoms with Gasteiger partial charge in [0.05, 0.1) is 0 Å². The van der Waals surface area contributed by atoms with Gasteiger partial charge in [-0.15, -0.1) is 0 Å². The van der Waals surface area contributed by atoms with E-state index >= 15 is 0 Å². The summed E-state index contributed by atoms with van der Waals surface area (Å²) in [6, 6.07) is 12.5. The Balaban J connectivity index is 1.47. The maximum Gasteiger partial charge on any atom is 0.320 e. The lowest BCUT2D eigenvalue weighted by atomic mass is 10.2. The molecule has 26 heavy (non-hydrogen) atoms. The number of urea groups is 1. The van der Waals surface area contributed by atoms with Gasteiger partial charge in [0.1, 0.15) is 17.3 Å². The van der Waals surface area contributed by atoms with Gasteiger partial charge in [0.15, 0.2) is 6.23 Å². The summed E-state index contributed by atoms with van der Waals surface area (Å²) in [6.45, 7) is 4.28. The largest absolute Gasteiger partial charge is 0.508 e. The summed E-state index contributed by atoms with van der Waals surface area (Å²) >= 11 is 0. The molecule has 7 heteroatoms. The molecule has 0 aromatic heterocycles. The Kier molecular flexibility index (Phi) is 5.46. The van der Waals surface area contributed by atoms with Crippen LogP contribution in [-0.2, 0) is 0 Å². The molecule has 3 rings (SSSR count). The molecule has 1 aliphatic heterocycles. The highest BCUT2D eigenvalue weighted by molar-refractivity contribution is 5.74. The summed E-state index contributed by atoms with van der Waals surface area (Å²) < 4.78 is 18.6. The average Bonchev–Trinajstić information content (AvgIpc) is 2.64. The molecular formula is C19H22FN3O3. The van der Waals surface area contributed by atoms with Crippen molar-refractivity contribution >= 4 is 11.7 Å². The molecule has 0 aliphatic carbocycles. The number of amides is 2. The number of phenolic OH excluding ortho intramolecular Hbond substituents is 1. The minimum atomic E-state index is -0.498. The van der Waals surface area contributed by atoms with Crippen LogP contribution in [0, 0.1) is 5.82 Å². The molecule has 0 bridgehead atoms. The maximum atomic E-state index is 13.0. The molecule has 2 aromatic carbocycles. The number of ether oxygens (including phenoxy) is 1. The van der Waals surface area contributed by atoms with Gasteiger partial charge in [-0.1, -0.05) is 0 Å². The van der Waals surface area contributed by atoms with Gasteiger partial charge in [0.25, 0.3) is 0 Å². The lowest BCUT2D eigenvalue weighted by Crippen LogP contribution is -2.53. The van der Waals surface area contributed by atoms with Crippen LogP contribution in [0.5, 0.6) is 11.5 Å². The molecule has 1 saturated heterocycles. The van der Waals surface area contributed by atoms with Crippen LogP contribution in [0.3, 0.4) is 0 Å². The standard InChI is InChI=1S/C19H22FN3O3/c1-14(26-18-8-6-17(24)7-9-18)21-19(25)23-12-10-22(11-13-23)16-4-2-15(20)3-5-16/h2-9,14,24H,10-13H2,1H3,(H,21,25). The third-order valence-corrected chi connectivity index (χ3v) is 4.23. The van der Waals surface area contributed by atoms with Gasteiger partial charge < -0.3 is 25.0 Å². The van der Waals surface area contributed by atoms with Crippen LogP contribution in [0.25, 0.3) is 0 Å². The van der Waals surface area contributed by atoms with Crippen LogP contribution in [0.2, 0.25) is 0 Å². The summed E-state index contributed by atoms with van der Waals surface area (Å²) in [7, 11) is 0. The molecule has 2 N–H and O–H groups in total. The lowest BCUT2D eigenvalue weighted by Gasteiger charge is -2.36. The number of piperazine rings is 1. The van der Waals surface area contributed by atoms with Gasteiger partial charge in [-0.25, -0.2) is 9.18 Å². The lowest BCUT2D eigenvalue weighted by molar-refractivity contribution is 0.151. The second kappa shape index (κ2) is 7.95. The van der Waals surface area contributed by atoms with Gasteiger partial charge in [-0.2, -0.15) is 0 Å². The molecule has 1 atom stereocenters. The van der Waals surface area contributed by atoms with E-state index in [-0.39, 0.29) is 17.6 Å². The van der Waals surface area contributed by atoms with Crippen molar-refractivity contribution in [2.45, 2.75) is 13.2 Å². The van der Waals surface area contributed by atoms with Crippen LogP contribution < -0.4 is 15.0 Å². The Morgan fingerprint density at radius 3 is 2.31 bits per heavy atom. The Morgan fingerprint density at radius 2 is 1.69 bits per heavy atom. The zero-order valence-electron chi connectivity index (χ0n) is 14.6. The molecule has 138 valence electrons. The van der Waals surface area contributed by atoms with Crippen LogP contribution in [0.1, 0.15) is 6.92 Å². The molecule has 2 aromatic rings. The van der Waals surface area contributed by atoms with Crippen molar-refractivity contribution < 1.29 is 19.0 Å². The number of nitrogens with zero attached hydrogens (tertiary/aromatic N) is 2. The number of rotatable bonds is 4. The summed E-state index contributed by atoms with van der Waals surface area (Å²) in [6.07, 6.45) is -0.498. The fourth-order valence-electron chi connectivity index (χ4n) is 2.84. The molecule has 2 amide bonds. The minimum Gasteiger partial charge on any atom is -0.508 e. The van der Waals surface area contributed by atoms with Crippen molar-refractivity contribution in [1.82, 2.24) is 10.2 Å². The van der Waals surface area contributed by atoms with E-state index < -0.39 is 6.23 Å². The zero-order valence-corrected chi connectivity index (χ0v) is 14.6. The smallest absolute Gasteiger partial charge is 0.320 e. The first-order chi connectivity index (χ1) is 12.5. The minimum absolute atomic E-state index is 0.160. The maximum absolute atomic E-state index is 13.0. The van der Waals surface area contributed by atoms with E-state index in [4.69, 9.17) is 4.74 Å². The number of carbonyl (C=O) groups is 1. The summed E-state index contributed by atoms with van der Waals surface area (Å²) in [4.78, 5) is 16.2. The van der Waals surface area contributed by atoms with Crippen molar-refractivity contribution in [2.24, 2.45) is 0 Å². The third kappa shape index (κ3) is 4.56. The van der Waals surface area contributed by atoms with Crippen molar-refractivity contribution in [3.63, 3.8) is 0 Å². The SMILES string of the molecule is CC(NC(=O)N1CCN(c2ccc(F)cc2)CC1)Oc1ccc(O)cc1. The number of anilines is 1. The first kappa shape index (κ1) is 17.8. The predicted molar refractivity (Wildman–Crippen MR) is 96.9 cm³/mol. The molecule has 1 unspecified atom stereocenters. The summed E-state index contributed by atoms with van der Waals surface area (Å²) in [5.41, 5.74) is 0.954. The number of halogens is 1. The number of hydrogen-bond donors (Lipinski definition) is 2. The first-order valence-electron chi connectivity index (χ1n) is 8.53. The second-order valence-electron chi connectivity index (χ2n) is 6.15. The van der Waals surface area contributed by atoms with Crippen molar-refractivity contribution in [3.8, 4) is 11.5 Å². The number of hydrogen-bond acceptors (Lipinski definition) is 4. The van der Waals surface area contributed by atoms with E-state index in [1.54, 1.807) is 36.1 Å². The number of benzene rings is 2. The number of phenols is 1. The monoisotopic (exact) mass is 359 g/mol. The highest BCUT2D eigenvalue weighted by Gasteiger charge is 2.22. The predicted octanol–water partition coefficient (Wildman–Crippen LogP) is 2.79. The van der Waals surface area contributed by atoms with E-state index in [0.29, 0.717) is 31.9 Å². The van der Waals surface area contributed by atoms with Gasteiger partial charge in [-0.3, -0.25) is 0 Å². The summed E-state index contributed by atoms with van der Waals surface area (Å²) in [5.74, 6) is 0.471. The Hall–Kier alpha value is -2.96. The van der Waals surface area contributed by atoms with Gasteiger partial charge in [0, 0.05) is 31.9 Å². The quantitative estimate of drug-likeness (QED) is 0.824. The molecule has 1 heterocycles. The average molecular weight is 359 g/mol. The van der Waals surface area contributed by atoms with Crippen LogP contribution in [0.4, 0.5) is 14.9 Å². The number of carbonyl (C=O) groups excluding carboxylic acids is 1. The molecule has 0 saturated carbocycles. The fraction of sp³-hybridized carbons (Fsp3) is 0.316. The van der Waals surface area contributed by atoms with Crippen molar-refractivity contribution in [1.29, 1.82) is 0 Å². The van der Waals surface area contributed by atoms with Crippen molar-refractivity contribution in [3.05, 3.63) is 54.3 Å². The topological polar surface area (TPSA) is 65.0 Å². The zero-order chi connectivity index (χ0) is 18.5. The third-order valence-electron chi connectivity index (χ3n) is 4.23. The first-order valence-corrected chi connectivity index (χ1v) is 8.53. The normalized spacial score (nSPS) is 15.5. The number of aromatic hydroxyl groups is 1. The van der Waals surface area contributed by atoms with Crippen LogP contribution >= 0.6 is 0 Å². The summed E-state index contributed by atoms with van der Waals surface area (Å²) in [5, 5.41) is 12.1. The van der Waals surface area contributed by atoms with E-state index in [9.17, 15) is 14.3 Å². The Bertz CT molecular complexity index is 729. The molecule has 6 nitrogen and oxygen atoms in total. The van der Waals surface area contributed by atoms with Crippen molar-refractivity contribution in [2.75, 3.05) is 31.1 Å².